The maximum Gasteiger partial charge on any atom is 0.123 e. The summed E-state index contributed by atoms with van der Waals surface area (Å²) in [5.74, 6) is 1.21. The third-order valence-corrected chi connectivity index (χ3v) is 6.58. The van der Waals surface area contributed by atoms with E-state index in [2.05, 4.69) is 52.6 Å². The van der Waals surface area contributed by atoms with Gasteiger partial charge in [0.25, 0.3) is 0 Å². The second kappa shape index (κ2) is 6.48. The van der Waals surface area contributed by atoms with Crippen molar-refractivity contribution < 1.29 is 4.39 Å². The molecule has 0 radical (unpaired) electrons. The minimum absolute atomic E-state index is 0.141. The van der Waals surface area contributed by atoms with Crippen LogP contribution in [0.5, 0.6) is 0 Å². The Morgan fingerprint density at radius 1 is 1.25 bits per heavy atom. The molecule has 0 aromatic heterocycles. The molecule has 0 heterocycles. The fraction of sp³-hybridized carbons (Fsp3) is 0.647. The standard InChI is InChI=1S/C17H23Br2F/c1-17(2,3)13-4-6-15(18)11(9-13)8-12-10-14(20)5-7-16(12)19/h5,7,10-11,13,15H,4,6,8-9H2,1-3H3. The van der Waals surface area contributed by atoms with Crippen molar-refractivity contribution in [3.8, 4) is 0 Å². The highest BCUT2D eigenvalue weighted by Crippen LogP contribution is 2.44. The first-order chi connectivity index (χ1) is 9.27. The van der Waals surface area contributed by atoms with Gasteiger partial charge in [0.05, 0.1) is 0 Å². The molecule has 3 atom stereocenters. The van der Waals surface area contributed by atoms with Crippen molar-refractivity contribution in [2.24, 2.45) is 17.3 Å². The zero-order valence-electron chi connectivity index (χ0n) is 12.4. The lowest BCUT2D eigenvalue weighted by atomic mass is 9.68. The number of hydrogen-bond donors (Lipinski definition) is 0. The molecule has 0 amide bonds. The Morgan fingerprint density at radius 2 is 1.95 bits per heavy atom. The van der Waals surface area contributed by atoms with E-state index in [-0.39, 0.29) is 5.82 Å². The molecular formula is C17H23Br2F. The van der Waals surface area contributed by atoms with Gasteiger partial charge in [-0.25, -0.2) is 4.39 Å². The second-order valence-electron chi connectivity index (χ2n) is 7.09. The first-order valence-corrected chi connectivity index (χ1v) is 9.06. The largest absolute Gasteiger partial charge is 0.207 e. The molecule has 20 heavy (non-hydrogen) atoms. The molecule has 0 nitrogen and oxygen atoms in total. The van der Waals surface area contributed by atoms with Crippen LogP contribution in [0.2, 0.25) is 0 Å². The lowest BCUT2D eigenvalue weighted by Gasteiger charge is -2.40. The smallest absolute Gasteiger partial charge is 0.123 e. The predicted octanol–water partition coefficient (Wildman–Crippen LogP) is 6.36. The van der Waals surface area contributed by atoms with E-state index in [0.717, 1.165) is 22.4 Å². The summed E-state index contributed by atoms with van der Waals surface area (Å²) >= 11 is 7.39. The number of hydrogen-bond acceptors (Lipinski definition) is 0. The van der Waals surface area contributed by atoms with Crippen molar-refractivity contribution in [2.75, 3.05) is 0 Å². The van der Waals surface area contributed by atoms with E-state index in [1.807, 2.05) is 6.07 Å². The van der Waals surface area contributed by atoms with E-state index >= 15 is 0 Å². The van der Waals surface area contributed by atoms with Gasteiger partial charge in [0, 0.05) is 9.30 Å². The van der Waals surface area contributed by atoms with Gasteiger partial charge in [-0.15, -0.1) is 0 Å². The SMILES string of the molecule is CC(C)(C)C1CCC(Br)C(Cc2cc(F)ccc2Br)C1. The zero-order valence-corrected chi connectivity index (χ0v) is 15.6. The average molecular weight is 406 g/mol. The maximum absolute atomic E-state index is 13.4. The maximum atomic E-state index is 13.4. The van der Waals surface area contributed by atoms with Crippen LogP contribution in [-0.2, 0) is 6.42 Å². The van der Waals surface area contributed by atoms with Crippen molar-refractivity contribution in [1.82, 2.24) is 0 Å². The van der Waals surface area contributed by atoms with Crippen LogP contribution in [0, 0.1) is 23.1 Å². The van der Waals surface area contributed by atoms with Crippen molar-refractivity contribution >= 4 is 31.9 Å². The summed E-state index contributed by atoms with van der Waals surface area (Å²) in [5.41, 5.74) is 1.46. The Morgan fingerprint density at radius 3 is 2.60 bits per heavy atom. The van der Waals surface area contributed by atoms with Crippen LogP contribution < -0.4 is 0 Å². The van der Waals surface area contributed by atoms with Gasteiger partial charge in [-0.05, 0) is 66.7 Å². The molecule has 0 saturated heterocycles. The van der Waals surface area contributed by atoms with E-state index in [9.17, 15) is 4.39 Å². The van der Waals surface area contributed by atoms with Gasteiger partial charge in [0.2, 0.25) is 0 Å². The highest BCUT2D eigenvalue weighted by Gasteiger charge is 2.35. The summed E-state index contributed by atoms with van der Waals surface area (Å²) in [6.45, 7) is 7.00. The quantitative estimate of drug-likeness (QED) is 0.502. The second-order valence-corrected chi connectivity index (χ2v) is 9.12. The Bertz CT molecular complexity index is 465. The normalized spacial score (nSPS) is 27.6. The van der Waals surface area contributed by atoms with Crippen LogP contribution in [0.25, 0.3) is 0 Å². The third kappa shape index (κ3) is 4.07. The van der Waals surface area contributed by atoms with E-state index in [0.29, 0.717) is 16.2 Å². The molecule has 3 heteroatoms. The summed E-state index contributed by atoms with van der Waals surface area (Å²) in [6.07, 6.45) is 4.68. The molecule has 1 aromatic carbocycles. The number of halogens is 3. The van der Waals surface area contributed by atoms with Crippen LogP contribution in [0.15, 0.2) is 22.7 Å². The summed E-state index contributed by atoms with van der Waals surface area (Å²) in [7, 11) is 0. The molecule has 1 aliphatic rings. The highest BCUT2D eigenvalue weighted by atomic mass is 79.9. The minimum atomic E-state index is -0.141. The summed E-state index contributed by atoms with van der Waals surface area (Å²) in [4.78, 5) is 0.552. The Labute approximate surface area is 138 Å². The van der Waals surface area contributed by atoms with Crippen LogP contribution >= 0.6 is 31.9 Å². The van der Waals surface area contributed by atoms with Crippen molar-refractivity contribution in [2.45, 2.75) is 51.3 Å². The van der Waals surface area contributed by atoms with E-state index in [1.165, 1.54) is 25.3 Å². The van der Waals surface area contributed by atoms with Gasteiger partial charge in [-0.3, -0.25) is 0 Å². The minimum Gasteiger partial charge on any atom is -0.207 e. The number of alkyl halides is 1. The number of rotatable bonds is 2. The fourth-order valence-corrected chi connectivity index (χ4v) is 4.28. The van der Waals surface area contributed by atoms with Gasteiger partial charge in [0.1, 0.15) is 5.82 Å². The Balaban J connectivity index is 2.12. The van der Waals surface area contributed by atoms with Crippen LogP contribution in [-0.4, -0.2) is 4.83 Å². The fourth-order valence-electron chi connectivity index (χ4n) is 3.21. The van der Waals surface area contributed by atoms with Crippen molar-refractivity contribution in [3.05, 3.63) is 34.1 Å². The van der Waals surface area contributed by atoms with Crippen LogP contribution in [0.3, 0.4) is 0 Å². The van der Waals surface area contributed by atoms with Crippen molar-refractivity contribution in [3.63, 3.8) is 0 Å². The molecule has 1 aliphatic carbocycles. The van der Waals surface area contributed by atoms with E-state index < -0.39 is 0 Å². The van der Waals surface area contributed by atoms with Crippen molar-refractivity contribution in [1.29, 1.82) is 0 Å². The summed E-state index contributed by atoms with van der Waals surface area (Å²) in [6, 6.07) is 5.00. The van der Waals surface area contributed by atoms with Gasteiger partial charge < -0.3 is 0 Å². The highest BCUT2D eigenvalue weighted by molar-refractivity contribution is 9.10. The average Bonchev–Trinajstić information content (AvgIpc) is 2.35. The zero-order chi connectivity index (χ0) is 14.9. The van der Waals surface area contributed by atoms with Gasteiger partial charge in [-0.2, -0.15) is 0 Å². The molecule has 1 aromatic rings. The summed E-state index contributed by atoms with van der Waals surface area (Å²) < 4.78 is 14.5. The molecule has 2 rings (SSSR count). The van der Waals surface area contributed by atoms with Crippen LogP contribution in [0.1, 0.15) is 45.6 Å². The molecular weight excluding hydrogens is 383 g/mol. The van der Waals surface area contributed by atoms with E-state index in [4.69, 9.17) is 0 Å². The molecule has 0 N–H and O–H groups in total. The lowest BCUT2D eigenvalue weighted by Crippen LogP contribution is -2.33. The Hall–Kier alpha value is 0.110. The first kappa shape index (κ1) is 16.5. The molecule has 0 aliphatic heterocycles. The van der Waals surface area contributed by atoms with Crippen LogP contribution in [0.4, 0.5) is 4.39 Å². The topological polar surface area (TPSA) is 0 Å². The van der Waals surface area contributed by atoms with E-state index in [1.54, 1.807) is 6.07 Å². The third-order valence-electron chi connectivity index (χ3n) is 4.60. The predicted molar refractivity (Wildman–Crippen MR) is 90.8 cm³/mol. The number of benzene rings is 1. The van der Waals surface area contributed by atoms with Gasteiger partial charge in [-0.1, -0.05) is 52.6 Å². The first-order valence-electron chi connectivity index (χ1n) is 7.35. The molecule has 112 valence electrons. The molecule has 1 fully saturated rings. The molecule has 1 saturated carbocycles. The monoisotopic (exact) mass is 404 g/mol. The Kier molecular flexibility index (Phi) is 5.34. The molecule has 3 unspecified atom stereocenters. The van der Waals surface area contributed by atoms with Gasteiger partial charge in [0.15, 0.2) is 0 Å². The van der Waals surface area contributed by atoms with Gasteiger partial charge >= 0.3 is 0 Å². The molecule has 0 bridgehead atoms. The summed E-state index contributed by atoms with van der Waals surface area (Å²) in [5, 5.41) is 0. The lowest BCUT2D eigenvalue weighted by molar-refractivity contribution is 0.146. The molecule has 0 spiro atoms.